The summed E-state index contributed by atoms with van der Waals surface area (Å²) >= 11 is 0. The topological polar surface area (TPSA) is 49.8 Å². The van der Waals surface area contributed by atoms with Gasteiger partial charge in [-0.3, -0.25) is 4.79 Å². The minimum Gasteiger partial charge on any atom is -0.484 e. The van der Waals surface area contributed by atoms with E-state index in [0.717, 1.165) is 36.3 Å². The van der Waals surface area contributed by atoms with Crippen molar-refractivity contribution in [3.05, 3.63) is 29.3 Å². The van der Waals surface area contributed by atoms with Gasteiger partial charge in [-0.2, -0.15) is 0 Å². The van der Waals surface area contributed by atoms with Gasteiger partial charge in [-0.05, 0) is 55.9 Å². The fourth-order valence-electron chi connectivity index (χ4n) is 2.69. The molecule has 1 amide bonds. The molecule has 0 radical (unpaired) electrons. The molecule has 1 atom stereocenters. The van der Waals surface area contributed by atoms with E-state index in [9.17, 15) is 9.90 Å². The number of ether oxygens (including phenoxy) is 1. The van der Waals surface area contributed by atoms with Crippen LogP contribution in [0.5, 0.6) is 5.75 Å². The number of aryl methyl sites for hydroxylation is 2. The van der Waals surface area contributed by atoms with Crippen LogP contribution >= 0.6 is 0 Å². The molecule has 1 N–H and O–H groups in total. The molecule has 0 bridgehead atoms. The Kier molecular flexibility index (Phi) is 5.01. The maximum absolute atomic E-state index is 12.1. The molecule has 0 saturated carbocycles. The van der Waals surface area contributed by atoms with Gasteiger partial charge in [0.05, 0.1) is 0 Å². The summed E-state index contributed by atoms with van der Waals surface area (Å²) in [5, 5.41) is 9.19. The summed E-state index contributed by atoms with van der Waals surface area (Å²) in [5.74, 6) is 0.961. The monoisotopic (exact) mass is 277 g/mol. The summed E-state index contributed by atoms with van der Waals surface area (Å²) < 4.78 is 5.60. The second kappa shape index (κ2) is 6.75. The fourth-order valence-corrected chi connectivity index (χ4v) is 2.69. The summed E-state index contributed by atoms with van der Waals surface area (Å²) in [6.45, 7) is 5.66. The predicted octanol–water partition coefficient (Wildman–Crippen LogP) is 1.91. The van der Waals surface area contributed by atoms with Crippen molar-refractivity contribution in [2.24, 2.45) is 5.92 Å². The maximum atomic E-state index is 12.1. The third kappa shape index (κ3) is 3.97. The van der Waals surface area contributed by atoms with Crippen molar-refractivity contribution < 1.29 is 14.6 Å². The van der Waals surface area contributed by atoms with Crippen LogP contribution in [0.3, 0.4) is 0 Å². The van der Waals surface area contributed by atoms with Gasteiger partial charge >= 0.3 is 0 Å². The molecule has 1 aromatic carbocycles. The Morgan fingerprint density at radius 1 is 1.35 bits per heavy atom. The highest BCUT2D eigenvalue weighted by atomic mass is 16.5. The Balaban J connectivity index is 1.88. The molecule has 1 aliphatic heterocycles. The molecular weight excluding hydrogens is 254 g/mol. The normalized spacial score (nSPS) is 18.9. The highest BCUT2D eigenvalue weighted by Gasteiger charge is 2.23. The Labute approximate surface area is 120 Å². The average molecular weight is 277 g/mol. The maximum Gasteiger partial charge on any atom is 0.260 e. The van der Waals surface area contributed by atoms with Crippen molar-refractivity contribution in [3.63, 3.8) is 0 Å². The quantitative estimate of drug-likeness (QED) is 0.914. The lowest BCUT2D eigenvalue weighted by molar-refractivity contribution is -0.135. The smallest absolute Gasteiger partial charge is 0.260 e. The zero-order chi connectivity index (χ0) is 14.5. The van der Waals surface area contributed by atoms with Crippen LogP contribution in [0.4, 0.5) is 0 Å². The van der Waals surface area contributed by atoms with Crippen molar-refractivity contribution in [1.82, 2.24) is 4.90 Å². The number of amides is 1. The van der Waals surface area contributed by atoms with Crippen LogP contribution in [-0.4, -0.2) is 42.2 Å². The Hall–Kier alpha value is -1.55. The number of likely N-dealkylation sites (tertiary alicyclic amines) is 1. The molecule has 0 aliphatic carbocycles. The molecule has 20 heavy (non-hydrogen) atoms. The Morgan fingerprint density at radius 3 is 2.70 bits per heavy atom. The molecule has 1 aromatic rings. The van der Waals surface area contributed by atoms with Gasteiger partial charge in [0.15, 0.2) is 6.61 Å². The third-order valence-corrected chi connectivity index (χ3v) is 3.69. The van der Waals surface area contributed by atoms with Crippen molar-refractivity contribution in [1.29, 1.82) is 0 Å². The SMILES string of the molecule is Cc1cc(C)cc(OCC(=O)N2CCCC(CO)C2)c1. The number of hydrogen-bond donors (Lipinski definition) is 1. The minimum atomic E-state index is 0.00214. The predicted molar refractivity (Wildman–Crippen MR) is 77.8 cm³/mol. The Morgan fingerprint density at radius 2 is 2.05 bits per heavy atom. The van der Waals surface area contributed by atoms with Gasteiger partial charge < -0.3 is 14.7 Å². The number of carbonyl (C=O) groups is 1. The van der Waals surface area contributed by atoms with Crippen molar-refractivity contribution >= 4 is 5.91 Å². The van der Waals surface area contributed by atoms with E-state index in [1.54, 1.807) is 4.90 Å². The molecule has 110 valence electrons. The largest absolute Gasteiger partial charge is 0.484 e. The van der Waals surface area contributed by atoms with Gasteiger partial charge in [0, 0.05) is 19.7 Å². The van der Waals surface area contributed by atoms with Crippen molar-refractivity contribution in [3.8, 4) is 5.75 Å². The fraction of sp³-hybridized carbons (Fsp3) is 0.562. The summed E-state index contributed by atoms with van der Waals surface area (Å²) in [4.78, 5) is 13.9. The van der Waals surface area contributed by atoms with E-state index in [0.29, 0.717) is 6.54 Å². The number of hydrogen-bond acceptors (Lipinski definition) is 3. The molecule has 1 heterocycles. The highest BCUT2D eigenvalue weighted by Crippen LogP contribution is 2.18. The molecule has 1 aliphatic rings. The number of rotatable bonds is 4. The molecule has 2 rings (SSSR count). The van der Waals surface area contributed by atoms with Crippen LogP contribution in [0.15, 0.2) is 18.2 Å². The first-order valence-electron chi connectivity index (χ1n) is 7.18. The van der Waals surface area contributed by atoms with Crippen molar-refractivity contribution in [2.45, 2.75) is 26.7 Å². The zero-order valence-electron chi connectivity index (χ0n) is 12.3. The number of nitrogens with zero attached hydrogens (tertiary/aromatic N) is 1. The first-order valence-corrected chi connectivity index (χ1v) is 7.18. The molecule has 0 spiro atoms. The molecule has 1 saturated heterocycles. The van der Waals surface area contributed by atoms with Gasteiger partial charge in [-0.1, -0.05) is 6.07 Å². The number of benzene rings is 1. The van der Waals surface area contributed by atoms with E-state index in [1.807, 2.05) is 26.0 Å². The van der Waals surface area contributed by atoms with Gasteiger partial charge in [-0.15, -0.1) is 0 Å². The van der Waals surface area contributed by atoms with E-state index >= 15 is 0 Å². The second-order valence-corrected chi connectivity index (χ2v) is 5.64. The highest BCUT2D eigenvalue weighted by molar-refractivity contribution is 5.77. The molecule has 0 aromatic heterocycles. The molecule has 4 nitrogen and oxygen atoms in total. The lowest BCUT2D eigenvalue weighted by Crippen LogP contribution is -2.43. The first kappa shape index (κ1) is 14.9. The number of piperidine rings is 1. The minimum absolute atomic E-state index is 0.00214. The number of aliphatic hydroxyl groups excluding tert-OH is 1. The first-order chi connectivity index (χ1) is 9.58. The van der Waals surface area contributed by atoms with Gasteiger partial charge in [0.2, 0.25) is 0 Å². The van der Waals surface area contributed by atoms with E-state index in [4.69, 9.17) is 4.74 Å². The molecule has 4 heteroatoms. The summed E-state index contributed by atoms with van der Waals surface area (Å²) in [5.41, 5.74) is 2.26. The molecule has 1 unspecified atom stereocenters. The average Bonchev–Trinajstić information content (AvgIpc) is 2.44. The van der Waals surface area contributed by atoms with Crippen LogP contribution < -0.4 is 4.74 Å². The van der Waals surface area contributed by atoms with E-state index in [2.05, 4.69) is 6.07 Å². The number of aliphatic hydroxyl groups is 1. The second-order valence-electron chi connectivity index (χ2n) is 5.64. The molecular formula is C16H23NO3. The molecule has 1 fully saturated rings. The van der Waals surface area contributed by atoms with E-state index < -0.39 is 0 Å². The zero-order valence-corrected chi connectivity index (χ0v) is 12.3. The van der Waals surface area contributed by atoms with Crippen LogP contribution in [-0.2, 0) is 4.79 Å². The standard InChI is InChI=1S/C16H23NO3/c1-12-6-13(2)8-15(7-12)20-11-16(19)17-5-3-4-14(9-17)10-18/h6-8,14,18H,3-5,9-11H2,1-2H3. The van der Waals surface area contributed by atoms with Crippen LogP contribution in [0.25, 0.3) is 0 Å². The van der Waals surface area contributed by atoms with Gasteiger partial charge in [-0.25, -0.2) is 0 Å². The summed E-state index contributed by atoms with van der Waals surface area (Å²) in [6, 6.07) is 5.95. The Bertz CT molecular complexity index is 453. The van der Waals surface area contributed by atoms with Crippen LogP contribution in [0, 0.1) is 19.8 Å². The third-order valence-electron chi connectivity index (χ3n) is 3.69. The van der Waals surface area contributed by atoms with E-state index in [-0.39, 0.29) is 25.0 Å². The van der Waals surface area contributed by atoms with E-state index in [1.165, 1.54) is 0 Å². The summed E-state index contributed by atoms with van der Waals surface area (Å²) in [6.07, 6.45) is 1.96. The van der Waals surface area contributed by atoms with Crippen molar-refractivity contribution in [2.75, 3.05) is 26.3 Å². The summed E-state index contributed by atoms with van der Waals surface area (Å²) in [7, 11) is 0. The lowest BCUT2D eigenvalue weighted by atomic mass is 9.99. The van der Waals surface area contributed by atoms with Crippen LogP contribution in [0.1, 0.15) is 24.0 Å². The van der Waals surface area contributed by atoms with Gasteiger partial charge in [0.1, 0.15) is 5.75 Å². The number of carbonyl (C=O) groups excluding carboxylic acids is 1. The van der Waals surface area contributed by atoms with Crippen LogP contribution in [0.2, 0.25) is 0 Å². The van der Waals surface area contributed by atoms with Gasteiger partial charge in [0.25, 0.3) is 5.91 Å². The lowest BCUT2D eigenvalue weighted by Gasteiger charge is -2.31.